The molecule has 1 N–H and O–H groups in total. The third kappa shape index (κ3) is 7.70. The molecule has 0 aliphatic rings. The van der Waals surface area contributed by atoms with E-state index in [0.29, 0.717) is 41.7 Å². The zero-order valence-electron chi connectivity index (χ0n) is 19.8. The van der Waals surface area contributed by atoms with Crippen molar-refractivity contribution < 1.29 is 24.1 Å². The van der Waals surface area contributed by atoms with Gasteiger partial charge in [-0.15, -0.1) is 0 Å². The molecule has 1 unspecified atom stereocenters. The van der Waals surface area contributed by atoms with Crippen LogP contribution in [0.5, 0.6) is 23.0 Å². The predicted molar refractivity (Wildman–Crippen MR) is 135 cm³/mol. The van der Waals surface area contributed by atoms with Gasteiger partial charge in [-0.3, -0.25) is 4.79 Å². The minimum Gasteiger partial charge on any atom is -0.493 e. The number of carbonyl (C=O) groups is 1. The number of aliphatic carboxylic acids is 1. The monoisotopic (exact) mass is 482 g/mol. The molecular formula is C28H31ClO5. The summed E-state index contributed by atoms with van der Waals surface area (Å²) in [5, 5.41) is 9.50. The first-order valence-electron chi connectivity index (χ1n) is 11.5. The van der Waals surface area contributed by atoms with E-state index in [1.807, 2.05) is 62.4 Å². The second-order valence-electron chi connectivity index (χ2n) is 8.25. The Morgan fingerprint density at radius 3 is 2.41 bits per heavy atom. The molecule has 3 aromatic rings. The summed E-state index contributed by atoms with van der Waals surface area (Å²) in [6.45, 7) is 6.56. The number of hydrogen-bond donors (Lipinski definition) is 1. The first kappa shape index (κ1) is 25.4. The highest BCUT2D eigenvalue weighted by Gasteiger charge is 2.13. The van der Waals surface area contributed by atoms with Gasteiger partial charge in [-0.1, -0.05) is 42.3 Å². The van der Waals surface area contributed by atoms with E-state index in [1.165, 1.54) is 0 Å². The quantitative estimate of drug-likeness (QED) is 0.294. The highest BCUT2D eigenvalue weighted by atomic mass is 35.5. The van der Waals surface area contributed by atoms with Crippen molar-refractivity contribution >= 4 is 17.6 Å². The minimum atomic E-state index is -0.788. The van der Waals surface area contributed by atoms with E-state index in [-0.39, 0.29) is 12.5 Å². The summed E-state index contributed by atoms with van der Waals surface area (Å²) in [7, 11) is 0. The first-order chi connectivity index (χ1) is 16.3. The van der Waals surface area contributed by atoms with Crippen LogP contribution in [-0.4, -0.2) is 23.8 Å². The molecule has 0 heterocycles. The summed E-state index contributed by atoms with van der Waals surface area (Å²) in [6.07, 6.45) is 2.04. The van der Waals surface area contributed by atoms with Gasteiger partial charge in [-0.2, -0.15) is 0 Å². The van der Waals surface area contributed by atoms with E-state index in [2.05, 4.69) is 6.92 Å². The van der Waals surface area contributed by atoms with Crippen molar-refractivity contribution in [3.8, 4) is 23.0 Å². The van der Waals surface area contributed by atoms with Crippen LogP contribution >= 0.6 is 11.6 Å². The lowest BCUT2D eigenvalue weighted by molar-refractivity contribution is -0.136. The van der Waals surface area contributed by atoms with E-state index < -0.39 is 5.97 Å². The Kier molecular flexibility index (Phi) is 9.23. The standard InChI is InChI=1S/C28H31ClO5/c1-4-21-17-25(12-7-22(21)8-14-28(30)31)32-16-15-20(3)33-26-13-9-23(29)18-27(26)34-24-10-5-19(2)6-11-24/h5-7,9-13,17-18,20H,4,8,14-16H2,1-3H3,(H,30,31). The lowest BCUT2D eigenvalue weighted by Gasteiger charge is -2.18. The third-order valence-electron chi connectivity index (χ3n) is 5.44. The van der Waals surface area contributed by atoms with Gasteiger partial charge in [0.05, 0.1) is 12.7 Å². The Bertz CT molecular complexity index is 1090. The molecule has 3 aromatic carbocycles. The predicted octanol–water partition coefficient (Wildman–Crippen LogP) is 7.26. The van der Waals surface area contributed by atoms with Crippen LogP contribution in [0.15, 0.2) is 60.7 Å². The molecule has 34 heavy (non-hydrogen) atoms. The zero-order valence-corrected chi connectivity index (χ0v) is 20.6. The van der Waals surface area contributed by atoms with Crippen LogP contribution in [0.1, 0.15) is 43.4 Å². The summed E-state index contributed by atoms with van der Waals surface area (Å²) < 4.78 is 18.1. The lowest BCUT2D eigenvalue weighted by atomic mass is 10.0. The Morgan fingerprint density at radius 2 is 1.71 bits per heavy atom. The van der Waals surface area contributed by atoms with Crippen molar-refractivity contribution in [2.75, 3.05) is 6.61 Å². The number of hydrogen-bond acceptors (Lipinski definition) is 4. The van der Waals surface area contributed by atoms with Crippen molar-refractivity contribution in [1.82, 2.24) is 0 Å². The van der Waals surface area contributed by atoms with Gasteiger partial charge in [0.15, 0.2) is 11.5 Å². The van der Waals surface area contributed by atoms with E-state index in [4.69, 9.17) is 30.9 Å². The Balaban J connectivity index is 1.56. The maximum Gasteiger partial charge on any atom is 0.303 e. The van der Waals surface area contributed by atoms with Gasteiger partial charge in [0.2, 0.25) is 0 Å². The second kappa shape index (κ2) is 12.3. The summed E-state index contributed by atoms with van der Waals surface area (Å²) in [6, 6.07) is 19.0. The van der Waals surface area contributed by atoms with Crippen molar-refractivity contribution in [3.63, 3.8) is 0 Å². The van der Waals surface area contributed by atoms with Gasteiger partial charge in [-0.25, -0.2) is 0 Å². The lowest BCUT2D eigenvalue weighted by Crippen LogP contribution is -2.16. The Labute approximate surface area is 206 Å². The molecule has 0 bridgehead atoms. The van der Waals surface area contributed by atoms with E-state index in [9.17, 15) is 4.79 Å². The van der Waals surface area contributed by atoms with Crippen LogP contribution in [0.3, 0.4) is 0 Å². The number of carboxylic acid groups (broad SMARTS) is 1. The van der Waals surface area contributed by atoms with E-state index in [1.54, 1.807) is 12.1 Å². The number of rotatable bonds is 12. The summed E-state index contributed by atoms with van der Waals surface area (Å²) in [4.78, 5) is 10.9. The molecule has 0 amide bonds. The molecule has 0 aliphatic heterocycles. The molecule has 0 saturated heterocycles. The summed E-state index contributed by atoms with van der Waals surface area (Å²) >= 11 is 6.18. The normalized spacial score (nSPS) is 11.6. The average molecular weight is 483 g/mol. The van der Waals surface area contributed by atoms with Crippen LogP contribution in [-0.2, 0) is 17.6 Å². The Morgan fingerprint density at radius 1 is 0.971 bits per heavy atom. The molecule has 0 radical (unpaired) electrons. The molecule has 0 fully saturated rings. The molecule has 0 spiro atoms. The molecule has 0 aliphatic carbocycles. The molecule has 1 atom stereocenters. The molecule has 5 nitrogen and oxygen atoms in total. The van der Waals surface area contributed by atoms with Crippen molar-refractivity contribution in [2.45, 2.75) is 52.6 Å². The van der Waals surface area contributed by atoms with Gasteiger partial charge in [-0.05, 0) is 74.2 Å². The highest BCUT2D eigenvalue weighted by molar-refractivity contribution is 6.30. The SMILES string of the molecule is CCc1cc(OCCC(C)Oc2ccc(Cl)cc2Oc2ccc(C)cc2)ccc1CCC(=O)O. The maximum atomic E-state index is 10.9. The third-order valence-corrected chi connectivity index (χ3v) is 5.68. The molecule has 0 aromatic heterocycles. The van der Waals surface area contributed by atoms with Crippen LogP contribution in [0.25, 0.3) is 0 Å². The van der Waals surface area contributed by atoms with Crippen LogP contribution in [0.4, 0.5) is 0 Å². The van der Waals surface area contributed by atoms with Gasteiger partial charge in [0.25, 0.3) is 0 Å². The smallest absolute Gasteiger partial charge is 0.303 e. The fourth-order valence-electron chi connectivity index (χ4n) is 3.52. The van der Waals surface area contributed by atoms with Crippen molar-refractivity contribution in [3.05, 3.63) is 82.4 Å². The van der Waals surface area contributed by atoms with Crippen molar-refractivity contribution in [1.29, 1.82) is 0 Å². The number of halogens is 1. The molecule has 6 heteroatoms. The average Bonchev–Trinajstić information content (AvgIpc) is 2.81. The van der Waals surface area contributed by atoms with Crippen molar-refractivity contribution in [2.24, 2.45) is 0 Å². The van der Waals surface area contributed by atoms with Gasteiger partial charge in [0, 0.05) is 23.9 Å². The van der Waals surface area contributed by atoms with Crippen LogP contribution in [0.2, 0.25) is 5.02 Å². The molecule has 3 rings (SSSR count). The molecule has 180 valence electrons. The highest BCUT2D eigenvalue weighted by Crippen LogP contribution is 2.35. The number of aryl methyl sites for hydroxylation is 3. The first-order valence-corrected chi connectivity index (χ1v) is 11.9. The fraction of sp³-hybridized carbons (Fsp3) is 0.321. The van der Waals surface area contributed by atoms with E-state index >= 15 is 0 Å². The largest absolute Gasteiger partial charge is 0.493 e. The zero-order chi connectivity index (χ0) is 24.5. The van der Waals surface area contributed by atoms with E-state index in [0.717, 1.165) is 28.9 Å². The number of carboxylic acids is 1. The van der Waals surface area contributed by atoms with Gasteiger partial charge >= 0.3 is 5.97 Å². The topological polar surface area (TPSA) is 65.0 Å². The maximum absolute atomic E-state index is 10.9. The fourth-order valence-corrected chi connectivity index (χ4v) is 3.68. The van der Waals surface area contributed by atoms with Gasteiger partial charge in [0.1, 0.15) is 11.5 Å². The summed E-state index contributed by atoms with van der Waals surface area (Å²) in [5.74, 6) is 1.89. The van der Waals surface area contributed by atoms with Crippen LogP contribution in [0, 0.1) is 6.92 Å². The second-order valence-corrected chi connectivity index (χ2v) is 8.69. The number of ether oxygens (including phenoxy) is 3. The molecular weight excluding hydrogens is 452 g/mol. The Hall–Kier alpha value is -3.18. The summed E-state index contributed by atoms with van der Waals surface area (Å²) in [5.41, 5.74) is 3.32. The minimum absolute atomic E-state index is 0.109. The number of benzene rings is 3. The molecule has 0 saturated carbocycles. The van der Waals surface area contributed by atoms with Gasteiger partial charge < -0.3 is 19.3 Å². The van der Waals surface area contributed by atoms with Crippen LogP contribution < -0.4 is 14.2 Å².